The Morgan fingerprint density at radius 2 is 1.41 bits per heavy atom. The van der Waals surface area contributed by atoms with Crippen LogP contribution in [0.2, 0.25) is 0 Å². The molecule has 0 radical (unpaired) electrons. The van der Waals surface area contributed by atoms with E-state index >= 15 is 0 Å². The number of amides is 3. The average molecular weight is 565 g/mol. The summed E-state index contributed by atoms with van der Waals surface area (Å²) in [5, 5.41) is 20.0. The minimum absolute atomic E-state index is 0. The number of H-pyrrole nitrogens is 1. The molecule has 4 aromatic rings. The van der Waals surface area contributed by atoms with Crippen molar-refractivity contribution in [3.63, 3.8) is 0 Å². The van der Waals surface area contributed by atoms with Crippen molar-refractivity contribution in [1.29, 1.82) is 0 Å². The largest absolute Gasteiger partial charge is 1.00 e. The summed E-state index contributed by atoms with van der Waals surface area (Å²) >= 11 is 0. The summed E-state index contributed by atoms with van der Waals surface area (Å²) in [6.07, 6.45) is 1.04. The second-order valence-corrected chi connectivity index (χ2v) is 9.17. The van der Waals surface area contributed by atoms with Gasteiger partial charge in [-0.2, -0.15) is 0 Å². The van der Waals surface area contributed by atoms with Gasteiger partial charge in [0.2, 0.25) is 11.8 Å². The number of carbonyl (C=O) groups is 4. The molecule has 3 aromatic carbocycles. The van der Waals surface area contributed by atoms with E-state index in [1.165, 1.54) is 0 Å². The van der Waals surface area contributed by atoms with E-state index in [9.17, 15) is 24.3 Å². The van der Waals surface area contributed by atoms with E-state index < -0.39 is 42.5 Å². The fraction of sp³-hybridized carbons (Fsp3) is 0.200. The Hall–Kier alpha value is -4.12. The molecule has 0 bridgehead atoms. The number of aromatic nitrogens is 1. The Labute approximate surface area is 259 Å². The summed E-state index contributed by atoms with van der Waals surface area (Å²) in [6, 6.07) is 23.2. The van der Waals surface area contributed by atoms with Crippen molar-refractivity contribution in [2.45, 2.75) is 31.5 Å². The maximum Gasteiger partial charge on any atom is 1.00 e. The first-order valence-electron chi connectivity index (χ1n) is 12.7. The molecule has 3 amide bonds. The van der Waals surface area contributed by atoms with Crippen LogP contribution in [0.4, 0.5) is 4.79 Å². The molecule has 11 heteroatoms. The van der Waals surface area contributed by atoms with Gasteiger partial charge < -0.3 is 35.6 Å². The van der Waals surface area contributed by atoms with E-state index in [-0.39, 0.29) is 49.0 Å². The van der Waals surface area contributed by atoms with Crippen molar-refractivity contribution in [3.8, 4) is 0 Å². The molecule has 206 valence electrons. The number of carbonyl (C=O) groups excluding carboxylic acids is 4. The quantitative estimate of drug-likeness (QED) is 0.155. The van der Waals surface area contributed by atoms with E-state index in [0.29, 0.717) is 5.56 Å². The molecule has 2 atom stereocenters. The predicted molar refractivity (Wildman–Crippen MR) is 146 cm³/mol. The van der Waals surface area contributed by atoms with Gasteiger partial charge in [-0.25, -0.2) is 4.79 Å². The third-order valence-electron chi connectivity index (χ3n) is 6.25. The summed E-state index contributed by atoms with van der Waals surface area (Å²) in [5.74, 6) is -2.79. The first-order chi connectivity index (χ1) is 19.4. The summed E-state index contributed by atoms with van der Waals surface area (Å²) in [4.78, 5) is 52.8. The molecule has 0 aliphatic carbocycles. The van der Waals surface area contributed by atoms with E-state index in [1.54, 1.807) is 42.6 Å². The Morgan fingerprint density at radius 1 is 0.780 bits per heavy atom. The zero-order valence-electron chi connectivity index (χ0n) is 22.6. The normalized spacial score (nSPS) is 11.9. The Bertz CT molecular complexity index is 1460. The number of nitrogens with one attached hydrogen (secondary N) is 4. The SMILES string of the molecule is O=C(CNC(=O)[C@@H](Cc1ccccc1)NC(=O)OCc1ccccc1)N[C@@H](Cc1c[nH]c2ccccc12)C(=O)[O-].[Na+]. The van der Waals surface area contributed by atoms with Crippen LogP contribution in [0.3, 0.4) is 0 Å². The van der Waals surface area contributed by atoms with E-state index in [0.717, 1.165) is 22.0 Å². The number of ether oxygens (including phenoxy) is 1. The number of hydrogen-bond donors (Lipinski definition) is 4. The van der Waals surface area contributed by atoms with Gasteiger partial charge in [0.05, 0.1) is 18.6 Å². The molecule has 1 aromatic heterocycles. The van der Waals surface area contributed by atoms with Gasteiger partial charge in [0, 0.05) is 29.9 Å². The fourth-order valence-electron chi connectivity index (χ4n) is 4.22. The predicted octanol–water partition coefficient (Wildman–Crippen LogP) is -1.40. The second kappa shape index (κ2) is 15.6. The van der Waals surface area contributed by atoms with Gasteiger partial charge in [-0.15, -0.1) is 0 Å². The molecule has 1 heterocycles. The monoisotopic (exact) mass is 564 g/mol. The molecule has 0 fully saturated rings. The van der Waals surface area contributed by atoms with Crippen LogP contribution in [0, 0.1) is 0 Å². The van der Waals surface area contributed by atoms with Crippen LogP contribution in [0.1, 0.15) is 16.7 Å². The number of rotatable bonds is 12. The van der Waals surface area contributed by atoms with Crippen molar-refractivity contribution < 1.29 is 58.6 Å². The zero-order valence-corrected chi connectivity index (χ0v) is 24.6. The summed E-state index contributed by atoms with van der Waals surface area (Å²) in [7, 11) is 0. The number of fused-ring (bicyclic) bond motifs is 1. The smallest absolute Gasteiger partial charge is 0.548 e. The van der Waals surface area contributed by atoms with Crippen LogP contribution in [0.25, 0.3) is 10.9 Å². The van der Waals surface area contributed by atoms with E-state index in [2.05, 4.69) is 20.9 Å². The van der Waals surface area contributed by atoms with Crippen molar-refractivity contribution in [1.82, 2.24) is 20.9 Å². The molecular formula is C30H29N4NaO6. The van der Waals surface area contributed by atoms with Gasteiger partial charge in [0.25, 0.3) is 0 Å². The number of alkyl carbamates (subject to hydrolysis) is 1. The number of carboxylic acids is 1. The van der Waals surface area contributed by atoms with Crippen molar-refractivity contribution in [2.75, 3.05) is 6.54 Å². The van der Waals surface area contributed by atoms with Gasteiger partial charge in [0.15, 0.2) is 0 Å². The Kier molecular flexibility index (Phi) is 12.0. The standard InChI is InChI=1S/C30H30N4O6.Na/c35-27(33-26(29(37)38)16-22-17-31-24-14-8-7-13-23(22)24)18-32-28(36)25(15-20-9-3-1-4-10-20)34-30(39)40-19-21-11-5-2-6-12-21;/h1-14,17,25-26,31H,15-16,18-19H2,(H,32,36)(H,33,35)(H,34,39)(H,37,38);/q;+1/p-1/t25-,26+;/m1./s1. The van der Waals surface area contributed by atoms with Crippen LogP contribution in [-0.4, -0.2) is 47.5 Å². The maximum atomic E-state index is 13.0. The number of aliphatic carboxylic acids is 1. The van der Waals surface area contributed by atoms with Gasteiger partial charge >= 0.3 is 35.7 Å². The summed E-state index contributed by atoms with van der Waals surface area (Å²) < 4.78 is 5.25. The van der Waals surface area contributed by atoms with Crippen LogP contribution in [0.5, 0.6) is 0 Å². The first kappa shape index (κ1) is 31.4. The topological polar surface area (TPSA) is 152 Å². The van der Waals surface area contributed by atoms with Gasteiger partial charge in [-0.05, 0) is 22.8 Å². The number of carboxylic acid groups (broad SMARTS) is 1. The van der Waals surface area contributed by atoms with Crippen LogP contribution < -0.4 is 50.6 Å². The molecule has 0 saturated heterocycles. The number of hydrogen-bond acceptors (Lipinski definition) is 6. The maximum absolute atomic E-state index is 13.0. The van der Waals surface area contributed by atoms with Crippen molar-refractivity contribution >= 4 is 34.8 Å². The minimum Gasteiger partial charge on any atom is -0.548 e. The molecular weight excluding hydrogens is 535 g/mol. The Balaban J connectivity index is 0.00000462. The van der Waals surface area contributed by atoms with Crippen LogP contribution in [-0.2, 0) is 38.6 Å². The molecule has 4 rings (SSSR count). The second-order valence-electron chi connectivity index (χ2n) is 9.17. The molecule has 0 unspecified atom stereocenters. The van der Waals surface area contributed by atoms with Crippen molar-refractivity contribution in [3.05, 3.63) is 108 Å². The van der Waals surface area contributed by atoms with Gasteiger partial charge in [-0.3, -0.25) is 9.59 Å². The molecule has 10 nitrogen and oxygen atoms in total. The average Bonchev–Trinajstić information content (AvgIpc) is 3.38. The third-order valence-corrected chi connectivity index (χ3v) is 6.25. The molecule has 4 N–H and O–H groups in total. The molecule has 0 saturated carbocycles. The molecule has 0 aliphatic heterocycles. The minimum atomic E-state index is -1.45. The first-order valence-corrected chi connectivity index (χ1v) is 12.7. The number of para-hydroxylation sites is 1. The van der Waals surface area contributed by atoms with Gasteiger partial charge in [0.1, 0.15) is 12.6 Å². The Morgan fingerprint density at radius 3 is 2.10 bits per heavy atom. The number of aromatic amines is 1. The zero-order chi connectivity index (χ0) is 28.3. The third kappa shape index (κ3) is 9.49. The van der Waals surface area contributed by atoms with Crippen molar-refractivity contribution in [2.24, 2.45) is 0 Å². The number of benzene rings is 3. The molecule has 0 aliphatic rings. The summed E-state index contributed by atoms with van der Waals surface area (Å²) in [5.41, 5.74) is 3.11. The van der Waals surface area contributed by atoms with E-state index in [4.69, 9.17) is 4.74 Å². The van der Waals surface area contributed by atoms with Crippen LogP contribution in [0.15, 0.2) is 91.1 Å². The fourth-order valence-corrected chi connectivity index (χ4v) is 4.22. The summed E-state index contributed by atoms with van der Waals surface area (Å²) in [6.45, 7) is -0.474. The van der Waals surface area contributed by atoms with Crippen LogP contribution >= 0.6 is 0 Å². The van der Waals surface area contributed by atoms with E-state index in [1.807, 2.05) is 48.5 Å². The molecule has 0 spiro atoms. The van der Waals surface area contributed by atoms with Gasteiger partial charge in [-0.1, -0.05) is 78.9 Å². The molecule has 41 heavy (non-hydrogen) atoms.